The highest BCUT2D eigenvalue weighted by Gasteiger charge is 2.26. The van der Waals surface area contributed by atoms with E-state index in [9.17, 15) is 4.79 Å². The Morgan fingerprint density at radius 3 is 2.75 bits per heavy atom. The number of rotatable bonds is 2. The van der Waals surface area contributed by atoms with Crippen LogP contribution in [-0.4, -0.2) is 6.73 Å². The molecule has 0 amide bonds. The Morgan fingerprint density at radius 1 is 1.17 bits per heavy atom. The van der Waals surface area contributed by atoms with Crippen molar-refractivity contribution in [2.24, 2.45) is 0 Å². The predicted molar refractivity (Wildman–Crippen MR) is 89.3 cm³/mol. The number of quaternary nitrogens is 1. The van der Waals surface area contributed by atoms with Gasteiger partial charge in [0.1, 0.15) is 24.4 Å². The van der Waals surface area contributed by atoms with Crippen molar-refractivity contribution in [3.05, 3.63) is 62.9 Å². The zero-order valence-corrected chi connectivity index (χ0v) is 14.1. The normalized spacial score (nSPS) is 16.9. The molecule has 0 bridgehead atoms. The fourth-order valence-corrected chi connectivity index (χ4v) is 3.39. The van der Waals surface area contributed by atoms with Gasteiger partial charge >= 0.3 is 5.63 Å². The standard InChI is InChI=1S/C19H19NO4/c1-11-12(2)19(21)24-18-13(3)17-14(7-16(11)18)8-20(10-23-17)9-15-5-4-6-22-15/h4-7H,8-10H2,1-3H3/p+1. The first-order valence-electron chi connectivity index (χ1n) is 8.10. The van der Waals surface area contributed by atoms with Gasteiger partial charge in [-0.3, -0.25) is 4.90 Å². The maximum absolute atomic E-state index is 12.0. The molecule has 0 aliphatic carbocycles. The highest BCUT2D eigenvalue weighted by molar-refractivity contribution is 5.86. The molecule has 1 atom stereocenters. The number of hydrogen-bond donors (Lipinski definition) is 1. The van der Waals surface area contributed by atoms with Crippen molar-refractivity contribution in [1.29, 1.82) is 0 Å². The lowest BCUT2D eigenvalue weighted by Crippen LogP contribution is -3.10. The van der Waals surface area contributed by atoms with Crippen LogP contribution in [0.15, 0.2) is 38.1 Å². The predicted octanol–water partition coefficient (Wildman–Crippen LogP) is 2.25. The fraction of sp³-hybridized carbons (Fsp3) is 0.316. The molecule has 1 N–H and O–H groups in total. The Bertz CT molecular complexity index is 969. The summed E-state index contributed by atoms with van der Waals surface area (Å²) >= 11 is 0. The number of aryl methyl sites for hydroxylation is 2. The SMILES string of the molecule is Cc1c(C)c2cc3c(c(C)c2oc1=O)OC[NH+](Cc1ccco1)C3. The van der Waals surface area contributed by atoms with Crippen molar-refractivity contribution in [3.8, 4) is 5.75 Å². The summed E-state index contributed by atoms with van der Waals surface area (Å²) in [5.74, 6) is 1.80. The van der Waals surface area contributed by atoms with Crippen LogP contribution in [0.3, 0.4) is 0 Å². The quantitative estimate of drug-likeness (QED) is 0.734. The van der Waals surface area contributed by atoms with E-state index >= 15 is 0 Å². The molecule has 0 fully saturated rings. The Balaban J connectivity index is 1.78. The van der Waals surface area contributed by atoms with Gasteiger partial charge in [-0.05, 0) is 44.5 Å². The lowest BCUT2D eigenvalue weighted by molar-refractivity contribution is -0.946. The second-order valence-electron chi connectivity index (χ2n) is 6.48. The summed E-state index contributed by atoms with van der Waals surface area (Å²) in [7, 11) is 0. The molecule has 2 aromatic heterocycles. The molecule has 1 aliphatic heterocycles. The molecule has 3 aromatic rings. The zero-order valence-electron chi connectivity index (χ0n) is 14.1. The van der Waals surface area contributed by atoms with E-state index in [0.29, 0.717) is 17.9 Å². The van der Waals surface area contributed by atoms with Crippen LogP contribution in [0.25, 0.3) is 11.0 Å². The third kappa shape index (κ3) is 2.32. The van der Waals surface area contributed by atoms with Crippen LogP contribution in [0, 0.1) is 20.8 Å². The van der Waals surface area contributed by atoms with E-state index in [1.165, 1.54) is 4.90 Å². The molecule has 0 radical (unpaired) electrons. The van der Waals surface area contributed by atoms with Crippen LogP contribution in [0.2, 0.25) is 0 Å². The minimum Gasteiger partial charge on any atom is -0.463 e. The van der Waals surface area contributed by atoms with E-state index in [0.717, 1.165) is 46.7 Å². The molecule has 3 heterocycles. The highest BCUT2D eigenvalue weighted by Crippen LogP contribution is 2.33. The summed E-state index contributed by atoms with van der Waals surface area (Å²) < 4.78 is 17.0. The Labute approximate surface area is 139 Å². The minimum atomic E-state index is -0.274. The van der Waals surface area contributed by atoms with Crippen LogP contribution in [-0.2, 0) is 13.1 Å². The van der Waals surface area contributed by atoms with Gasteiger partial charge in [0, 0.05) is 22.1 Å². The monoisotopic (exact) mass is 326 g/mol. The van der Waals surface area contributed by atoms with Crippen molar-refractivity contribution in [2.75, 3.05) is 6.73 Å². The van der Waals surface area contributed by atoms with Gasteiger partial charge < -0.3 is 13.6 Å². The Kier molecular flexibility index (Phi) is 3.46. The highest BCUT2D eigenvalue weighted by atomic mass is 16.5. The van der Waals surface area contributed by atoms with Gasteiger partial charge in [0.15, 0.2) is 5.76 Å². The van der Waals surface area contributed by atoms with Crippen LogP contribution in [0.5, 0.6) is 5.75 Å². The van der Waals surface area contributed by atoms with Gasteiger partial charge in [-0.2, -0.15) is 0 Å². The number of furan rings is 1. The molecule has 5 nitrogen and oxygen atoms in total. The zero-order chi connectivity index (χ0) is 16.8. The molecule has 24 heavy (non-hydrogen) atoms. The summed E-state index contributed by atoms with van der Waals surface area (Å²) in [6.45, 7) is 7.93. The molecule has 0 saturated carbocycles. The van der Waals surface area contributed by atoms with Gasteiger partial charge in [-0.15, -0.1) is 0 Å². The lowest BCUT2D eigenvalue weighted by Gasteiger charge is -2.27. The van der Waals surface area contributed by atoms with Crippen molar-refractivity contribution >= 4 is 11.0 Å². The molecule has 1 aliphatic rings. The first-order chi connectivity index (χ1) is 11.5. The van der Waals surface area contributed by atoms with Gasteiger partial charge in [0.25, 0.3) is 0 Å². The Hall–Kier alpha value is -2.53. The maximum atomic E-state index is 12.0. The van der Waals surface area contributed by atoms with Crippen LogP contribution >= 0.6 is 0 Å². The van der Waals surface area contributed by atoms with Gasteiger partial charge in [0.05, 0.1) is 6.26 Å². The third-order valence-corrected chi connectivity index (χ3v) is 4.87. The van der Waals surface area contributed by atoms with Crippen LogP contribution < -0.4 is 15.3 Å². The molecule has 124 valence electrons. The third-order valence-electron chi connectivity index (χ3n) is 4.87. The van der Waals surface area contributed by atoms with Gasteiger partial charge in [-0.25, -0.2) is 4.79 Å². The lowest BCUT2D eigenvalue weighted by atomic mass is 9.99. The maximum Gasteiger partial charge on any atom is 0.339 e. The number of ether oxygens (including phenoxy) is 1. The van der Waals surface area contributed by atoms with Crippen molar-refractivity contribution in [1.82, 2.24) is 0 Å². The van der Waals surface area contributed by atoms with E-state index < -0.39 is 0 Å². The van der Waals surface area contributed by atoms with Gasteiger partial charge in [0.2, 0.25) is 6.73 Å². The van der Waals surface area contributed by atoms with Gasteiger partial charge in [-0.1, -0.05) is 0 Å². The molecular formula is C19H20NO4+. The topological polar surface area (TPSA) is 57.0 Å². The van der Waals surface area contributed by atoms with E-state index in [2.05, 4.69) is 6.07 Å². The van der Waals surface area contributed by atoms with E-state index in [-0.39, 0.29) is 5.63 Å². The van der Waals surface area contributed by atoms with Crippen molar-refractivity contribution in [2.45, 2.75) is 33.9 Å². The van der Waals surface area contributed by atoms with E-state index in [1.807, 2.05) is 26.0 Å². The van der Waals surface area contributed by atoms with E-state index in [4.69, 9.17) is 13.6 Å². The average molecular weight is 326 g/mol. The van der Waals surface area contributed by atoms with Crippen LogP contribution in [0.4, 0.5) is 0 Å². The summed E-state index contributed by atoms with van der Waals surface area (Å²) in [5, 5.41) is 0.992. The number of nitrogens with one attached hydrogen (secondary N) is 1. The largest absolute Gasteiger partial charge is 0.463 e. The summed E-state index contributed by atoms with van der Waals surface area (Å²) in [6.07, 6.45) is 1.69. The second kappa shape index (κ2) is 5.53. The summed E-state index contributed by atoms with van der Waals surface area (Å²) in [6, 6.07) is 5.99. The molecule has 5 heteroatoms. The number of hydrogen-bond acceptors (Lipinski definition) is 4. The first-order valence-corrected chi connectivity index (χ1v) is 8.10. The molecule has 0 saturated heterocycles. The van der Waals surface area contributed by atoms with Crippen molar-refractivity contribution < 1.29 is 18.5 Å². The molecule has 1 aromatic carbocycles. The minimum absolute atomic E-state index is 0.274. The number of benzene rings is 1. The molecule has 1 unspecified atom stereocenters. The molecule has 0 spiro atoms. The van der Waals surface area contributed by atoms with E-state index in [1.54, 1.807) is 13.2 Å². The van der Waals surface area contributed by atoms with Crippen LogP contribution in [0.1, 0.15) is 28.0 Å². The smallest absolute Gasteiger partial charge is 0.339 e. The second-order valence-corrected chi connectivity index (χ2v) is 6.48. The number of fused-ring (bicyclic) bond motifs is 2. The Morgan fingerprint density at radius 2 is 2.00 bits per heavy atom. The first kappa shape index (κ1) is 15.0. The molecular weight excluding hydrogens is 306 g/mol. The summed E-state index contributed by atoms with van der Waals surface area (Å²) in [5.41, 5.74) is 4.05. The van der Waals surface area contributed by atoms with Crippen molar-refractivity contribution in [3.63, 3.8) is 0 Å². The fourth-order valence-electron chi connectivity index (χ4n) is 3.39. The molecule has 4 rings (SSSR count). The average Bonchev–Trinajstić information content (AvgIpc) is 3.07. The summed E-state index contributed by atoms with van der Waals surface area (Å²) in [4.78, 5) is 13.3.